The summed E-state index contributed by atoms with van der Waals surface area (Å²) < 4.78 is 4.98. The lowest BCUT2D eigenvalue weighted by Crippen LogP contribution is -2.43. The Morgan fingerprint density at radius 3 is 2.31 bits per heavy atom. The molecule has 0 aliphatic heterocycles. The molecule has 0 heterocycles. The van der Waals surface area contributed by atoms with E-state index in [1.807, 2.05) is 6.92 Å². The van der Waals surface area contributed by atoms with Gasteiger partial charge in [-0.1, -0.05) is 19.8 Å². The van der Waals surface area contributed by atoms with E-state index in [2.05, 4.69) is 5.32 Å². The molecule has 0 saturated heterocycles. The van der Waals surface area contributed by atoms with Crippen molar-refractivity contribution in [1.82, 2.24) is 5.32 Å². The fourth-order valence-corrected chi connectivity index (χ4v) is 1.12. The summed E-state index contributed by atoms with van der Waals surface area (Å²) >= 11 is 0. The van der Waals surface area contributed by atoms with Crippen LogP contribution in [-0.2, 0) is 9.53 Å². The van der Waals surface area contributed by atoms with Gasteiger partial charge in [0.15, 0.2) is 0 Å². The number of alkyl carbamates (subject to hydrolysis) is 1. The first-order valence-corrected chi connectivity index (χ1v) is 5.48. The molecule has 0 aliphatic carbocycles. The average molecular weight is 231 g/mol. The predicted molar refractivity (Wildman–Crippen MR) is 60.3 cm³/mol. The van der Waals surface area contributed by atoms with E-state index in [0.717, 1.165) is 12.8 Å². The van der Waals surface area contributed by atoms with Crippen LogP contribution in [0.25, 0.3) is 0 Å². The SMILES string of the molecule is CCCCC(NC(=O)OC(C)(C)C)C(=O)O. The van der Waals surface area contributed by atoms with Crippen molar-refractivity contribution in [2.24, 2.45) is 0 Å². The summed E-state index contributed by atoms with van der Waals surface area (Å²) in [6, 6.07) is -0.866. The molecule has 0 aromatic carbocycles. The Hall–Kier alpha value is -1.26. The molecule has 2 N–H and O–H groups in total. The summed E-state index contributed by atoms with van der Waals surface area (Å²) in [5.41, 5.74) is -0.613. The molecule has 0 aliphatic rings. The first-order valence-electron chi connectivity index (χ1n) is 5.48. The van der Waals surface area contributed by atoms with Crippen molar-refractivity contribution >= 4 is 12.1 Å². The van der Waals surface area contributed by atoms with E-state index >= 15 is 0 Å². The summed E-state index contributed by atoms with van der Waals surface area (Å²) in [6.45, 7) is 7.16. The second-order valence-corrected chi connectivity index (χ2v) is 4.68. The maximum absolute atomic E-state index is 11.3. The van der Waals surface area contributed by atoms with Gasteiger partial charge in [-0.15, -0.1) is 0 Å². The summed E-state index contributed by atoms with van der Waals surface area (Å²) in [5, 5.41) is 11.2. The second-order valence-electron chi connectivity index (χ2n) is 4.68. The van der Waals surface area contributed by atoms with Crippen molar-refractivity contribution in [3.8, 4) is 0 Å². The van der Waals surface area contributed by atoms with E-state index in [0.29, 0.717) is 6.42 Å². The molecule has 0 aromatic rings. The zero-order chi connectivity index (χ0) is 12.8. The number of carbonyl (C=O) groups excluding carboxylic acids is 1. The predicted octanol–water partition coefficient (Wildman–Crippen LogP) is 2.15. The first kappa shape index (κ1) is 14.7. The van der Waals surface area contributed by atoms with Gasteiger partial charge in [0, 0.05) is 0 Å². The van der Waals surface area contributed by atoms with Gasteiger partial charge in [-0.2, -0.15) is 0 Å². The van der Waals surface area contributed by atoms with Crippen LogP contribution in [0.2, 0.25) is 0 Å². The number of carboxylic acids is 1. The molecule has 5 nitrogen and oxygen atoms in total. The van der Waals surface area contributed by atoms with Crippen LogP contribution >= 0.6 is 0 Å². The van der Waals surface area contributed by atoms with E-state index < -0.39 is 23.7 Å². The number of carboxylic acid groups (broad SMARTS) is 1. The lowest BCUT2D eigenvalue weighted by atomic mass is 10.1. The molecule has 16 heavy (non-hydrogen) atoms. The van der Waals surface area contributed by atoms with Gasteiger partial charge in [-0.05, 0) is 27.2 Å². The smallest absolute Gasteiger partial charge is 0.408 e. The zero-order valence-corrected chi connectivity index (χ0v) is 10.4. The molecule has 1 atom stereocenters. The van der Waals surface area contributed by atoms with Crippen LogP contribution in [0.15, 0.2) is 0 Å². The third-order valence-electron chi connectivity index (χ3n) is 1.84. The van der Waals surface area contributed by atoms with Gasteiger partial charge in [0.1, 0.15) is 11.6 Å². The minimum absolute atomic E-state index is 0.422. The highest BCUT2D eigenvalue weighted by molar-refractivity contribution is 5.79. The number of hydrogen-bond donors (Lipinski definition) is 2. The van der Waals surface area contributed by atoms with Gasteiger partial charge in [0.05, 0.1) is 0 Å². The minimum Gasteiger partial charge on any atom is -0.480 e. The van der Waals surface area contributed by atoms with Crippen molar-refractivity contribution in [3.63, 3.8) is 0 Å². The van der Waals surface area contributed by atoms with Gasteiger partial charge >= 0.3 is 12.1 Å². The quantitative estimate of drug-likeness (QED) is 0.760. The highest BCUT2D eigenvalue weighted by Gasteiger charge is 2.23. The van der Waals surface area contributed by atoms with Crippen LogP contribution in [0.3, 0.4) is 0 Å². The number of ether oxygens (including phenoxy) is 1. The van der Waals surface area contributed by atoms with Crippen molar-refractivity contribution < 1.29 is 19.4 Å². The molecule has 94 valence electrons. The van der Waals surface area contributed by atoms with Crippen molar-refractivity contribution in [2.45, 2.75) is 58.6 Å². The highest BCUT2D eigenvalue weighted by Crippen LogP contribution is 2.08. The maximum Gasteiger partial charge on any atom is 0.408 e. The van der Waals surface area contributed by atoms with Crippen molar-refractivity contribution in [2.75, 3.05) is 0 Å². The standard InChI is InChI=1S/C11H21NO4/c1-5-6-7-8(9(13)14)12-10(15)16-11(2,3)4/h8H,5-7H2,1-4H3,(H,12,15)(H,13,14). The van der Waals surface area contributed by atoms with Crippen LogP contribution < -0.4 is 5.32 Å². The number of carbonyl (C=O) groups is 2. The number of rotatable bonds is 5. The third kappa shape index (κ3) is 7.09. The molecule has 0 saturated carbocycles. The number of aliphatic carboxylic acids is 1. The Balaban J connectivity index is 4.19. The van der Waals surface area contributed by atoms with Crippen molar-refractivity contribution in [1.29, 1.82) is 0 Å². The Morgan fingerprint density at radius 1 is 1.38 bits per heavy atom. The Bertz CT molecular complexity index is 245. The van der Waals surface area contributed by atoms with E-state index in [1.165, 1.54) is 0 Å². The van der Waals surface area contributed by atoms with Gasteiger partial charge in [-0.25, -0.2) is 9.59 Å². The van der Waals surface area contributed by atoms with E-state index in [4.69, 9.17) is 9.84 Å². The monoisotopic (exact) mass is 231 g/mol. The summed E-state index contributed by atoms with van der Waals surface area (Å²) in [4.78, 5) is 22.2. The zero-order valence-electron chi connectivity index (χ0n) is 10.4. The molecule has 0 fully saturated rings. The number of amides is 1. The van der Waals surface area contributed by atoms with E-state index in [-0.39, 0.29) is 0 Å². The maximum atomic E-state index is 11.3. The first-order chi connectivity index (χ1) is 7.26. The van der Waals surface area contributed by atoms with Gasteiger partial charge in [-0.3, -0.25) is 0 Å². The fourth-order valence-electron chi connectivity index (χ4n) is 1.12. The second kappa shape index (κ2) is 6.35. The van der Waals surface area contributed by atoms with Gasteiger partial charge < -0.3 is 15.2 Å². The molecule has 0 rings (SSSR count). The Morgan fingerprint density at radius 2 is 1.94 bits per heavy atom. The van der Waals surface area contributed by atoms with Gasteiger partial charge in [0.2, 0.25) is 0 Å². The van der Waals surface area contributed by atoms with E-state index in [1.54, 1.807) is 20.8 Å². The largest absolute Gasteiger partial charge is 0.480 e. The highest BCUT2D eigenvalue weighted by atomic mass is 16.6. The topological polar surface area (TPSA) is 75.6 Å². The molecule has 0 aromatic heterocycles. The number of hydrogen-bond acceptors (Lipinski definition) is 3. The van der Waals surface area contributed by atoms with E-state index in [9.17, 15) is 9.59 Å². The van der Waals surface area contributed by atoms with Crippen LogP contribution in [-0.4, -0.2) is 28.8 Å². The molecular formula is C11H21NO4. The minimum atomic E-state index is -1.03. The molecule has 1 unspecified atom stereocenters. The molecule has 0 bridgehead atoms. The molecule has 5 heteroatoms. The van der Waals surface area contributed by atoms with Gasteiger partial charge in [0.25, 0.3) is 0 Å². The lowest BCUT2D eigenvalue weighted by Gasteiger charge is -2.21. The number of unbranched alkanes of at least 4 members (excludes halogenated alkanes) is 1. The normalized spacial score (nSPS) is 13.0. The molecule has 0 radical (unpaired) electrons. The van der Waals surface area contributed by atoms with Crippen LogP contribution in [0.1, 0.15) is 47.0 Å². The Kier molecular flexibility index (Phi) is 5.85. The molecule has 1 amide bonds. The molecule has 0 spiro atoms. The lowest BCUT2D eigenvalue weighted by molar-refractivity contribution is -0.139. The average Bonchev–Trinajstić information content (AvgIpc) is 2.08. The van der Waals surface area contributed by atoms with Crippen LogP contribution in [0.5, 0.6) is 0 Å². The van der Waals surface area contributed by atoms with Crippen LogP contribution in [0, 0.1) is 0 Å². The fraction of sp³-hybridized carbons (Fsp3) is 0.818. The summed E-state index contributed by atoms with van der Waals surface area (Å²) in [7, 11) is 0. The Labute approximate surface area is 96.2 Å². The third-order valence-corrected chi connectivity index (χ3v) is 1.84. The molecular weight excluding hydrogens is 210 g/mol. The van der Waals surface area contributed by atoms with Crippen LogP contribution in [0.4, 0.5) is 4.79 Å². The summed E-state index contributed by atoms with van der Waals surface area (Å²) in [6.07, 6.45) is 1.38. The van der Waals surface area contributed by atoms with Crippen molar-refractivity contribution in [3.05, 3.63) is 0 Å². The summed E-state index contributed by atoms with van der Waals surface area (Å²) in [5.74, 6) is -1.03. The number of nitrogens with one attached hydrogen (secondary N) is 1.